The fourth-order valence-corrected chi connectivity index (χ4v) is 4.05. The molecule has 0 fully saturated rings. The number of halogens is 1. The third-order valence-corrected chi connectivity index (χ3v) is 5.59. The molecule has 1 N–H and O–H groups in total. The Kier molecular flexibility index (Phi) is 5.89. The first-order chi connectivity index (χ1) is 12.4. The van der Waals surface area contributed by atoms with Crippen LogP contribution in [0, 0.1) is 6.92 Å². The molecule has 0 aliphatic carbocycles. The number of aromatic nitrogens is 1. The number of nitrogens with one attached hydrogen (secondary N) is 1. The summed E-state index contributed by atoms with van der Waals surface area (Å²) >= 11 is 5.04. The van der Waals surface area contributed by atoms with Gasteiger partial charge in [-0.25, -0.2) is 4.98 Å². The van der Waals surface area contributed by atoms with Crippen molar-refractivity contribution in [3.63, 3.8) is 0 Å². The third kappa shape index (κ3) is 4.40. The van der Waals surface area contributed by atoms with Gasteiger partial charge >= 0.3 is 0 Å². The van der Waals surface area contributed by atoms with Gasteiger partial charge in [0.15, 0.2) is 0 Å². The van der Waals surface area contributed by atoms with Gasteiger partial charge < -0.3 is 5.32 Å². The molecular formula is C21H21BrN2OS. The Labute approximate surface area is 166 Å². The normalized spacial score (nSPS) is 11.0. The zero-order valence-corrected chi connectivity index (χ0v) is 17.4. The molecule has 2 aromatic carbocycles. The molecule has 0 aliphatic rings. The fourth-order valence-electron chi connectivity index (χ4n) is 2.83. The van der Waals surface area contributed by atoms with Crippen LogP contribution >= 0.6 is 27.3 Å². The van der Waals surface area contributed by atoms with Crippen molar-refractivity contribution in [2.75, 3.05) is 5.32 Å². The summed E-state index contributed by atoms with van der Waals surface area (Å²) in [5, 5.41) is 5.96. The second-order valence-electron chi connectivity index (χ2n) is 6.57. The molecule has 0 saturated carbocycles. The molecule has 5 heteroatoms. The molecule has 0 saturated heterocycles. The summed E-state index contributed by atoms with van der Waals surface area (Å²) < 4.78 is 1.02. The van der Waals surface area contributed by atoms with Crippen LogP contribution in [0.25, 0.3) is 10.6 Å². The Morgan fingerprint density at radius 3 is 2.73 bits per heavy atom. The predicted octanol–water partition coefficient (Wildman–Crippen LogP) is 6.19. The van der Waals surface area contributed by atoms with Crippen molar-refractivity contribution in [1.29, 1.82) is 0 Å². The number of carbonyl (C=O) groups excluding carboxylic acids is 1. The van der Waals surface area contributed by atoms with E-state index in [1.807, 2.05) is 48.7 Å². The standard InChI is InChI=1S/C21H21BrN2OS/c1-13(2)18-9-4-6-14(3)20(18)24-19(25)11-17-12-26-21(23-17)15-7-5-8-16(22)10-15/h4-10,12-13H,11H2,1-3H3,(H,24,25). The van der Waals surface area contributed by atoms with Crippen LogP contribution in [0.5, 0.6) is 0 Å². The smallest absolute Gasteiger partial charge is 0.230 e. The molecule has 1 heterocycles. The van der Waals surface area contributed by atoms with Crippen LogP contribution in [0.3, 0.4) is 0 Å². The minimum Gasteiger partial charge on any atom is -0.325 e. The first-order valence-corrected chi connectivity index (χ1v) is 10.2. The Morgan fingerprint density at radius 1 is 1.23 bits per heavy atom. The van der Waals surface area contributed by atoms with Gasteiger partial charge in [-0.3, -0.25) is 4.79 Å². The highest BCUT2D eigenvalue weighted by atomic mass is 79.9. The molecule has 3 rings (SSSR count). The highest BCUT2D eigenvalue weighted by Gasteiger charge is 2.14. The maximum atomic E-state index is 12.6. The van der Waals surface area contributed by atoms with E-state index >= 15 is 0 Å². The van der Waals surface area contributed by atoms with Gasteiger partial charge in [-0.2, -0.15) is 0 Å². The van der Waals surface area contributed by atoms with Gasteiger partial charge in [0, 0.05) is 21.1 Å². The maximum Gasteiger partial charge on any atom is 0.230 e. The first-order valence-electron chi connectivity index (χ1n) is 8.53. The summed E-state index contributed by atoms with van der Waals surface area (Å²) in [6.45, 7) is 6.29. The molecule has 3 nitrogen and oxygen atoms in total. The van der Waals surface area contributed by atoms with Crippen LogP contribution < -0.4 is 5.32 Å². The number of hydrogen-bond acceptors (Lipinski definition) is 3. The molecule has 0 aliphatic heterocycles. The molecule has 1 aromatic heterocycles. The fraction of sp³-hybridized carbons (Fsp3) is 0.238. The van der Waals surface area contributed by atoms with Gasteiger partial charge in [0.2, 0.25) is 5.91 Å². The Bertz CT molecular complexity index is 933. The van der Waals surface area contributed by atoms with Gasteiger partial charge in [0.1, 0.15) is 5.01 Å². The van der Waals surface area contributed by atoms with Crippen molar-refractivity contribution in [2.24, 2.45) is 0 Å². The maximum absolute atomic E-state index is 12.6. The van der Waals surface area contributed by atoms with E-state index in [-0.39, 0.29) is 12.3 Å². The number of amides is 1. The molecule has 0 unspecified atom stereocenters. The van der Waals surface area contributed by atoms with Gasteiger partial charge in [0.05, 0.1) is 12.1 Å². The Balaban J connectivity index is 1.74. The zero-order valence-electron chi connectivity index (χ0n) is 15.0. The molecule has 1 amide bonds. The highest BCUT2D eigenvalue weighted by molar-refractivity contribution is 9.10. The minimum absolute atomic E-state index is 0.0349. The van der Waals surface area contributed by atoms with E-state index in [2.05, 4.69) is 46.1 Å². The number of aryl methyl sites for hydroxylation is 1. The lowest BCUT2D eigenvalue weighted by Crippen LogP contribution is -2.17. The van der Waals surface area contributed by atoms with E-state index in [4.69, 9.17) is 0 Å². The molecule has 3 aromatic rings. The van der Waals surface area contributed by atoms with Crippen molar-refractivity contribution in [3.05, 3.63) is 69.1 Å². The van der Waals surface area contributed by atoms with E-state index in [1.165, 1.54) is 0 Å². The highest BCUT2D eigenvalue weighted by Crippen LogP contribution is 2.28. The summed E-state index contributed by atoms with van der Waals surface area (Å²) in [6, 6.07) is 14.2. The number of thiazole rings is 1. The molecule has 134 valence electrons. The van der Waals surface area contributed by atoms with E-state index in [9.17, 15) is 4.79 Å². The third-order valence-electron chi connectivity index (χ3n) is 4.16. The summed E-state index contributed by atoms with van der Waals surface area (Å²) in [5.74, 6) is 0.319. The quantitative estimate of drug-likeness (QED) is 0.526. The van der Waals surface area contributed by atoms with Crippen LogP contribution in [-0.2, 0) is 11.2 Å². The number of rotatable bonds is 5. The summed E-state index contributed by atoms with van der Waals surface area (Å²) in [4.78, 5) is 17.2. The van der Waals surface area contributed by atoms with Crippen LogP contribution in [0.2, 0.25) is 0 Å². The van der Waals surface area contributed by atoms with E-state index in [1.54, 1.807) is 11.3 Å². The topological polar surface area (TPSA) is 42.0 Å². The number of carbonyl (C=O) groups is 1. The van der Waals surface area contributed by atoms with Crippen molar-refractivity contribution in [2.45, 2.75) is 33.1 Å². The molecule has 0 atom stereocenters. The summed E-state index contributed by atoms with van der Waals surface area (Å²) in [7, 11) is 0. The van der Waals surface area contributed by atoms with Gasteiger partial charge in [-0.05, 0) is 36.1 Å². The number of hydrogen-bond donors (Lipinski definition) is 1. The van der Waals surface area contributed by atoms with Crippen LogP contribution in [-0.4, -0.2) is 10.9 Å². The number of para-hydroxylation sites is 1. The number of benzene rings is 2. The van der Waals surface area contributed by atoms with Gasteiger partial charge in [-0.15, -0.1) is 11.3 Å². The number of anilines is 1. The number of nitrogens with zero attached hydrogens (tertiary/aromatic N) is 1. The molecular weight excluding hydrogens is 408 g/mol. The van der Waals surface area contributed by atoms with Gasteiger partial charge in [0.25, 0.3) is 0 Å². The second-order valence-corrected chi connectivity index (χ2v) is 8.35. The van der Waals surface area contributed by atoms with Gasteiger partial charge in [-0.1, -0.05) is 60.1 Å². The van der Waals surface area contributed by atoms with Crippen LogP contribution in [0.1, 0.15) is 36.6 Å². The minimum atomic E-state index is -0.0349. The lowest BCUT2D eigenvalue weighted by Gasteiger charge is -2.16. The Hall–Kier alpha value is -1.98. The summed E-state index contributed by atoms with van der Waals surface area (Å²) in [5.41, 5.74) is 5.01. The largest absolute Gasteiger partial charge is 0.325 e. The lowest BCUT2D eigenvalue weighted by molar-refractivity contribution is -0.115. The van der Waals surface area contributed by atoms with Crippen molar-refractivity contribution < 1.29 is 4.79 Å². The lowest BCUT2D eigenvalue weighted by atomic mass is 9.98. The van der Waals surface area contributed by atoms with E-state index in [0.29, 0.717) is 5.92 Å². The zero-order chi connectivity index (χ0) is 18.7. The van der Waals surface area contributed by atoms with Crippen molar-refractivity contribution in [3.8, 4) is 10.6 Å². The summed E-state index contributed by atoms with van der Waals surface area (Å²) in [6.07, 6.45) is 0.274. The average Bonchev–Trinajstić information content (AvgIpc) is 3.05. The van der Waals surface area contributed by atoms with Crippen molar-refractivity contribution >= 4 is 38.9 Å². The molecule has 0 spiro atoms. The van der Waals surface area contributed by atoms with Crippen LogP contribution in [0.4, 0.5) is 5.69 Å². The van der Waals surface area contributed by atoms with E-state index < -0.39 is 0 Å². The SMILES string of the molecule is Cc1cccc(C(C)C)c1NC(=O)Cc1csc(-c2cccc(Br)c2)n1. The first kappa shape index (κ1) is 18.8. The second kappa shape index (κ2) is 8.14. The molecule has 0 bridgehead atoms. The predicted molar refractivity (Wildman–Crippen MR) is 113 cm³/mol. The van der Waals surface area contributed by atoms with Crippen LogP contribution in [0.15, 0.2) is 52.3 Å². The Morgan fingerprint density at radius 2 is 2.00 bits per heavy atom. The monoisotopic (exact) mass is 428 g/mol. The van der Waals surface area contributed by atoms with Crippen molar-refractivity contribution in [1.82, 2.24) is 4.98 Å². The molecule has 26 heavy (non-hydrogen) atoms. The van der Waals surface area contributed by atoms with E-state index in [0.717, 1.165) is 37.6 Å². The molecule has 0 radical (unpaired) electrons. The average molecular weight is 429 g/mol.